The lowest BCUT2D eigenvalue weighted by molar-refractivity contribution is 0.0719. The summed E-state index contributed by atoms with van der Waals surface area (Å²) in [5, 5.41) is 18.0. The van der Waals surface area contributed by atoms with Crippen LogP contribution >= 0.6 is 11.3 Å². The Hall–Kier alpha value is -2.05. The molecule has 0 unspecified atom stereocenters. The Morgan fingerprint density at radius 2 is 2.19 bits per heavy atom. The molecular formula is C15H14FN3OS. The second kappa shape index (κ2) is 5.38. The Kier molecular flexibility index (Phi) is 3.57. The predicted molar refractivity (Wildman–Crippen MR) is 81.9 cm³/mol. The van der Waals surface area contributed by atoms with Crippen molar-refractivity contribution in [3.63, 3.8) is 0 Å². The van der Waals surface area contributed by atoms with Crippen LogP contribution in [0, 0.1) is 5.82 Å². The van der Waals surface area contributed by atoms with Crippen molar-refractivity contribution in [1.82, 2.24) is 9.97 Å². The van der Waals surface area contributed by atoms with Gasteiger partial charge >= 0.3 is 0 Å². The molecule has 0 radical (unpaired) electrons. The number of thiophene rings is 1. The van der Waals surface area contributed by atoms with Crippen molar-refractivity contribution in [1.29, 1.82) is 0 Å². The van der Waals surface area contributed by atoms with Crippen LogP contribution in [0.2, 0.25) is 0 Å². The predicted octanol–water partition coefficient (Wildman–Crippen LogP) is 3.15. The lowest BCUT2D eigenvalue weighted by Gasteiger charge is -2.23. The topological polar surface area (TPSA) is 58.0 Å². The van der Waals surface area contributed by atoms with Gasteiger partial charge in [-0.2, -0.15) is 11.3 Å². The molecule has 0 spiro atoms. The van der Waals surface area contributed by atoms with E-state index in [1.165, 1.54) is 29.8 Å². The summed E-state index contributed by atoms with van der Waals surface area (Å²) in [6, 6.07) is 6.23. The van der Waals surface area contributed by atoms with Crippen molar-refractivity contribution in [3.8, 4) is 0 Å². The minimum atomic E-state index is -1.02. The number of aromatic nitrogens is 2. The van der Waals surface area contributed by atoms with Gasteiger partial charge in [-0.1, -0.05) is 0 Å². The number of fused-ring (bicyclic) bond motifs is 1. The maximum absolute atomic E-state index is 13.4. The molecule has 4 nitrogen and oxygen atoms in total. The van der Waals surface area contributed by atoms with Crippen LogP contribution in [0.25, 0.3) is 10.9 Å². The van der Waals surface area contributed by atoms with Crippen LogP contribution in [0.4, 0.5) is 10.2 Å². The number of aliphatic hydroxyl groups is 1. The van der Waals surface area contributed by atoms with Gasteiger partial charge < -0.3 is 10.4 Å². The summed E-state index contributed by atoms with van der Waals surface area (Å²) in [6.45, 7) is 2.00. The van der Waals surface area contributed by atoms with Crippen molar-refractivity contribution in [2.24, 2.45) is 0 Å². The Bertz CT molecular complexity index is 759. The van der Waals surface area contributed by atoms with Gasteiger partial charge in [0.05, 0.1) is 5.52 Å². The molecule has 2 heterocycles. The highest BCUT2D eigenvalue weighted by Gasteiger charge is 2.23. The van der Waals surface area contributed by atoms with E-state index in [4.69, 9.17) is 0 Å². The van der Waals surface area contributed by atoms with Gasteiger partial charge in [0.15, 0.2) is 0 Å². The summed E-state index contributed by atoms with van der Waals surface area (Å²) >= 11 is 1.53. The van der Waals surface area contributed by atoms with Crippen LogP contribution in [0.1, 0.15) is 12.5 Å². The fourth-order valence-corrected chi connectivity index (χ4v) is 2.88. The summed E-state index contributed by atoms with van der Waals surface area (Å²) in [5.74, 6) is 0.167. The molecule has 0 aliphatic heterocycles. The van der Waals surface area contributed by atoms with Crippen LogP contribution in [-0.4, -0.2) is 21.6 Å². The number of halogens is 1. The first-order valence-electron chi connectivity index (χ1n) is 6.45. The molecule has 21 heavy (non-hydrogen) atoms. The van der Waals surface area contributed by atoms with E-state index >= 15 is 0 Å². The van der Waals surface area contributed by atoms with Gasteiger partial charge in [0.25, 0.3) is 0 Å². The molecular weight excluding hydrogens is 289 g/mol. The number of hydrogen-bond donors (Lipinski definition) is 2. The van der Waals surface area contributed by atoms with Crippen LogP contribution < -0.4 is 5.32 Å². The van der Waals surface area contributed by atoms with E-state index in [-0.39, 0.29) is 12.4 Å². The highest BCUT2D eigenvalue weighted by Crippen LogP contribution is 2.25. The second-order valence-electron chi connectivity index (χ2n) is 5.02. The molecule has 1 aromatic carbocycles. The molecule has 0 aliphatic rings. The molecule has 108 valence electrons. The molecule has 0 amide bonds. The van der Waals surface area contributed by atoms with E-state index in [9.17, 15) is 9.50 Å². The third kappa shape index (κ3) is 2.86. The quantitative estimate of drug-likeness (QED) is 0.777. The van der Waals surface area contributed by atoms with Crippen LogP contribution in [-0.2, 0) is 5.60 Å². The Labute approximate surface area is 125 Å². The van der Waals surface area contributed by atoms with Crippen LogP contribution in [0.3, 0.4) is 0 Å². The third-order valence-corrected chi connectivity index (χ3v) is 4.02. The summed E-state index contributed by atoms with van der Waals surface area (Å²) < 4.78 is 13.4. The number of anilines is 1. The molecule has 2 N–H and O–H groups in total. The van der Waals surface area contributed by atoms with E-state index < -0.39 is 5.60 Å². The fourth-order valence-electron chi connectivity index (χ4n) is 2.10. The highest BCUT2D eigenvalue weighted by molar-refractivity contribution is 7.08. The van der Waals surface area contributed by atoms with E-state index in [1.54, 1.807) is 13.0 Å². The number of nitrogens with zero attached hydrogens (tertiary/aromatic N) is 2. The van der Waals surface area contributed by atoms with Gasteiger partial charge in [0.1, 0.15) is 23.6 Å². The third-order valence-electron chi connectivity index (χ3n) is 3.34. The van der Waals surface area contributed by atoms with E-state index in [0.717, 1.165) is 5.56 Å². The number of nitrogens with one attached hydrogen (secondary N) is 1. The van der Waals surface area contributed by atoms with Crippen molar-refractivity contribution in [2.75, 3.05) is 11.9 Å². The monoisotopic (exact) mass is 303 g/mol. The normalized spacial score (nSPS) is 14.0. The van der Waals surface area contributed by atoms with Crippen molar-refractivity contribution < 1.29 is 9.50 Å². The summed E-state index contributed by atoms with van der Waals surface area (Å²) in [6.07, 6.45) is 1.42. The van der Waals surface area contributed by atoms with E-state index in [0.29, 0.717) is 16.7 Å². The average molecular weight is 303 g/mol. The molecule has 0 saturated heterocycles. The molecule has 0 fully saturated rings. The molecule has 0 aliphatic carbocycles. The first kappa shape index (κ1) is 13.9. The number of rotatable bonds is 4. The van der Waals surface area contributed by atoms with Gasteiger partial charge in [-0.25, -0.2) is 14.4 Å². The maximum atomic E-state index is 13.4. The van der Waals surface area contributed by atoms with Crippen molar-refractivity contribution in [2.45, 2.75) is 12.5 Å². The molecule has 6 heteroatoms. The van der Waals surface area contributed by atoms with Gasteiger partial charge in [-0.15, -0.1) is 0 Å². The van der Waals surface area contributed by atoms with E-state index in [1.807, 2.05) is 16.8 Å². The fraction of sp³-hybridized carbons (Fsp3) is 0.200. The lowest BCUT2D eigenvalue weighted by Crippen LogP contribution is -2.30. The zero-order chi connectivity index (χ0) is 14.9. The zero-order valence-electron chi connectivity index (χ0n) is 11.4. The number of benzene rings is 1. The Balaban J connectivity index is 1.87. The molecule has 3 rings (SSSR count). The summed E-state index contributed by atoms with van der Waals surface area (Å²) in [4.78, 5) is 8.23. The smallest absolute Gasteiger partial charge is 0.137 e. The molecule has 0 bridgehead atoms. The summed E-state index contributed by atoms with van der Waals surface area (Å²) in [7, 11) is 0. The SMILES string of the molecule is C[C@](O)(CNc1ncnc2ccc(F)cc12)c1ccsc1. The minimum Gasteiger partial charge on any atom is -0.384 e. The van der Waals surface area contributed by atoms with Crippen molar-refractivity contribution >= 4 is 28.1 Å². The van der Waals surface area contributed by atoms with E-state index in [2.05, 4.69) is 15.3 Å². The van der Waals surface area contributed by atoms with Gasteiger partial charge in [-0.3, -0.25) is 0 Å². The zero-order valence-corrected chi connectivity index (χ0v) is 12.2. The first-order chi connectivity index (χ1) is 10.1. The van der Waals surface area contributed by atoms with Gasteiger partial charge in [0, 0.05) is 11.9 Å². The Morgan fingerprint density at radius 3 is 2.95 bits per heavy atom. The molecule has 1 atom stereocenters. The van der Waals surface area contributed by atoms with Gasteiger partial charge in [0.2, 0.25) is 0 Å². The Morgan fingerprint density at radius 1 is 1.33 bits per heavy atom. The largest absolute Gasteiger partial charge is 0.384 e. The molecule has 0 saturated carbocycles. The van der Waals surface area contributed by atoms with Crippen LogP contribution in [0.5, 0.6) is 0 Å². The van der Waals surface area contributed by atoms with Crippen LogP contribution in [0.15, 0.2) is 41.4 Å². The summed E-state index contributed by atoms with van der Waals surface area (Å²) in [5.41, 5.74) is 0.471. The molecule has 2 aromatic heterocycles. The first-order valence-corrected chi connectivity index (χ1v) is 7.40. The average Bonchev–Trinajstić information content (AvgIpc) is 3.00. The lowest BCUT2D eigenvalue weighted by atomic mass is 9.99. The maximum Gasteiger partial charge on any atom is 0.137 e. The second-order valence-corrected chi connectivity index (χ2v) is 5.80. The number of hydrogen-bond acceptors (Lipinski definition) is 5. The minimum absolute atomic E-state index is 0.270. The standard InChI is InChI=1S/C15H14FN3OS/c1-15(20,10-4-5-21-7-10)8-17-14-12-6-11(16)2-3-13(12)18-9-19-14/h2-7,9,20H,8H2,1H3,(H,17,18,19)/t15-/m0/s1. The highest BCUT2D eigenvalue weighted by atomic mass is 32.1. The molecule has 3 aromatic rings. The van der Waals surface area contributed by atoms with Crippen molar-refractivity contribution in [3.05, 3.63) is 52.7 Å². The van der Waals surface area contributed by atoms with Gasteiger partial charge in [-0.05, 0) is 47.5 Å².